The molecular weight excluding hydrogens is 738 g/mol. The number of carbonyl (C=O) groups excluding carboxylic acids is 3. The van der Waals surface area contributed by atoms with Gasteiger partial charge in [-0.1, -0.05) is 29.8 Å². The zero-order valence-corrected chi connectivity index (χ0v) is 32.8. The van der Waals surface area contributed by atoms with Crippen molar-refractivity contribution in [1.29, 1.82) is 0 Å². The summed E-state index contributed by atoms with van der Waals surface area (Å²) >= 11 is 6.44. The van der Waals surface area contributed by atoms with Crippen LogP contribution < -0.4 is 14.4 Å². The molecule has 4 aliphatic rings. The second kappa shape index (κ2) is 17.5. The first-order chi connectivity index (χ1) is 25.7. The minimum atomic E-state index is -3.99. The maximum Gasteiger partial charge on any atom is 0.319 e. The SMILES string of the molecule is CC(=O)O.COC(=O)CN(CC(=O)OC)[C@H]1/C=C/CC[C@@H](C)S(=O)(=O)NC(=O)c2ccc3c(c2)N(C[C@@H]2CC[C@H]21)C[C@@]1(CCCc2cc(Cl)ccc21)CO3. The molecule has 0 radical (unpaired) electrons. The van der Waals surface area contributed by atoms with Gasteiger partial charge < -0.3 is 24.2 Å². The molecule has 1 amide bonds. The van der Waals surface area contributed by atoms with E-state index in [1.54, 1.807) is 30.0 Å². The predicted octanol–water partition coefficient (Wildman–Crippen LogP) is 4.74. The van der Waals surface area contributed by atoms with Gasteiger partial charge in [-0.15, -0.1) is 0 Å². The average molecular weight is 788 g/mol. The first kappa shape index (κ1) is 41.0. The number of ether oxygens (including phenoxy) is 3. The number of allylic oxidation sites excluding steroid dienone is 1. The lowest BCUT2D eigenvalue weighted by atomic mass is 9.67. The summed E-state index contributed by atoms with van der Waals surface area (Å²) in [5.41, 5.74) is 3.03. The number of carboxylic acids is 1. The van der Waals surface area contributed by atoms with Crippen molar-refractivity contribution in [2.24, 2.45) is 11.8 Å². The third kappa shape index (κ3) is 9.56. The Balaban J connectivity index is 0.00000133. The van der Waals surface area contributed by atoms with Gasteiger partial charge in [0.25, 0.3) is 11.9 Å². The van der Waals surface area contributed by atoms with Crippen molar-refractivity contribution in [3.8, 4) is 5.75 Å². The molecule has 2 N–H and O–H groups in total. The lowest BCUT2D eigenvalue weighted by molar-refractivity contribution is -0.147. The largest absolute Gasteiger partial charge is 0.490 e. The number of carbonyl (C=O) groups is 4. The maximum atomic E-state index is 13.4. The Hall–Kier alpha value is -4.14. The number of benzene rings is 2. The van der Waals surface area contributed by atoms with Crippen LogP contribution in [0.25, 0.3) is 0 Å². The Labute approximate surface area is 322 Å². The lowest BCUT2D eigenvalue weighted by Gasteiger charge is -2.48. The minimum absolute atomic E-state index is 0.0714. The van der Waals surface area contributed by atoms with Crippen LogP contribution in [0.15, 0.2) is 48.6 Å². The number of sulfonamides is 1. The number of aryl methyl sites for hydroxylation is 1. The summed E-state index contributed by atoms with van der Waals surface area (Å²) in [6, 6.07) is 10.9. The number of hydrogen-bond acceptors (Lipinski definition) is 11. The molecule has 0 unspecified atom stereocenters. The number of carboxylic acid groups (broad SMARTS) is 1. The van der Waals surface area contributed by atoms with Gasteiger partial charge in [0, 0.05) is 42.1 Å². The van der Waals surface area contributed by atoms with E-state index >= 15 is 0 Å². The smallest absolute Gasteiger partial charge is 0.319 e. The highest BCUT2D eigenvalue weighted by Gasteiger charge is 2.45. The van der Waals surface area contributed by atoms with Crippen molar-refractivity contribution in [2.75, 3.05) is 51.9 Å². The second-order valence-electron chi connectivity index (χ2n) is 14.6. The van der Waals surface area contributed by atoms with Gasteiger partial charge in [-0.25, -0.2) is 13.1 Å². The molecule has 2 aromatic rings. The highest BCUT2D eigenvalue weighted by molar-refractivity contribution is 7.90. The third-order valence-electron chi connectivity index (χ3n) is 11.0. The van der Waals surface area contributed by atoms with Gasteiger partial charge in [0.2, 0.25) is 10.0 Å². The fraction of sp³-hybridized carbons (Fsp3) is 0.538. The molecule has 2 aliphatic heterocycles. The van der Waals surface area contributed by atoms with Crippen molar-refractivity contribution >= 4 is 51.1 Å². The van der Waals surface area contributed by atoms with Crippen LogP contribution in [0.1, 0.15) is 73.9 Å². The topological polar surface area (TPSA) is 169 Å². The molecule has 6 rings (SSSR count). The van der Waals surface area contributed by atoms with Gasteiger partial charge in [-0.3, -0.25) is 24.1 Å². The lowest BCUT2D eigenvalue weighted by Crippen LogP contribution is -2.53. The summed E-state index contributed by atoms with van der Waals surface area (Å²) in [6.45, 7) is 4.13. The summed E-state index contributed by atoms with van der Waals surface area (Å²) in [5, 5.41) is 7.27. The van der Waals surface area contributed by atoms with Crippen molar-refractivity contribution in [3.05, 3.63) is 70.3 Å². The van der Waals surface area contributed by atoms with Crippen molar-refractivity contribution in [1.82, 2.24) is 9.62 Å². The van der Waals surface area contributed by atoms with E-state index in [1.807, 2.05) is 24.3 Å². The van der Waals surface area contributed by atoms with Gasteiger partial charge in [0.15, 0.2) is 0 Å². The Morgan fingerprint density at radius 3 is 2.43 bits per heavy atom. The van der Waals surface area contributed by atoms with Gasteiger partial charge >= 0.3 is 11.9 Å². The number of methoxy groups -OCH3 is 2. The van der Waals surface area contributed by atoms with E-state index in [0.717, 1.165) is 44.7 Å². The number of esters is 2. The number of anilines is 1. The van der Waals surface area contributed by atoms with Gasteiger partial charge in [0.05, 0.1) is 44.9 Å². The fourth-order valence-electron chi connectivity index (χ4n) is 8.08. The maximum absolute atomic E-state index is 13.4. The predicted molar refractivity (Wildman–Crippen MR) is 203 cm³/mol. The highest BCUT2D eigenvalue weighted by atomic mass is 35.5. The van der Waals surface area contributed by atoms with E-state index in [9.17, 15) is 22.8 Å². The summed E-state index contributed by atoms with van der Waals surface area (Å²) in [5.74, 6) is -1.58. The molecule has 13 nitrogen and oxygen atoms in total. The van der Waals surface area contributed by atoms with E-state index in [4.69, 9.17) is 35.7 Å². The monoisotopic (exact) mass is 787 g/mol. The minimum Gasteiger partial charge on any atom is -0.490 e. The molecule has 0 aromatic heterocycles. The third-order valence-corrected chi connectivity index (χ3v) is 13.0. The van der Waals surface area contributed by atoms with Crippen molar-refractivity contribution in [2.45, 2.75) is 75.5 Å². The number of fused-ring (bicyclic) bond motifs is 4. The standard InChI is InChI=1S/C37H46ClN3O8S.C2H4O2/c1-24-7-4-5-9-31(40(20-34(42)47-2)21-35(43)48-3)29-13-10-27(29)19-41-22-37(16-6-8-25-17-28(38)12-14-30(25)37)23-49-33-15-11-26(18-32(33)41)36(44)39-50(24,45)46;1-2(3)4/h5,9,11-12,14-15,17-18,24,27,29,31H,4,6-8,10,13,16,19-23H2,1-3H3,(H,39,44);1H3,(H,3,4)/b9-5+;/t24-,27+,29-,31+,37+;/m1./s1. The van der Waals surface area contributed by atoms with Crippen LogP contribution in [0.5, 0.6) is 5.75 Å². The normalized spacial score (nSPS) is 26.6. The van der Waals surface area contributed by atoms with Gasteiger partial charge in [-0.2, -0.15) is 0 Å². The number of amides is 1. The summed E-state index contributed by atoms with van der Waals surface area (Å²) < 4.78 is 45.4. The summed E-state index contributed by atoms with van der Waals surface area (Å²) in [7, 11) is -1.35. The van der Waals surface area contributed by atoms with Crippen LogP contribution in [0, 0.1) is 11.8 Å². The molecule has 1 saturated carbocycles. The van der Waals surface area contributed by atoms with Crippen LogP contribution in [-0.4, -0.2) is 101 Å². The Morgan fingerprint density at radius 2 is 1.78 bits per heavy atom. The Bertz CT molecular complexity index is 1850. The molecule has 0 saturated heterocycles. The average Bonchev–Trinajstić information content (AvgIpc) is 3.26. The summed E-state index contributed by atoms with van der Waals surface area (Å²) in [6.07, 6.45) is 9.21. The molecule has 294 valence electrons. The Kier molecular flexibility index (Phi) is 13.3. The van der Waals surface area contributed by atoms with Crippen LogP contribution in [0.2, 0.25) is 5.02 Å². The number of halogens is 1. The highest BCUT2D eigenvalue weighted by Crippen LogP contribution is 2.47. The van der Waals surface area contributed by atoms with Crippen molar-refractivity contribution < 1.29 is 46.9 Å². The van der Waals surface area contributed by atoms with E-state index in [1.165, 1.54) is 25.3 Å². The zero-order chi connectivity index (χ0) is 39.2. The van der Waals surface area contributed by atoms with Crippen molar-refractivity contribution in [3.63, 3.8) is 0 Å². The number of nitrogens with zero attached hydrogens (tertiary/aromatic N) is 2. The van der Waals surface area contributed by atoms with Crippen LogP contribution >= 0.6 is 11.6 Å². The number of aliphatic carboxylic acids is 1. The van der Waals surface area contributed by atoms with Crippen LogP contribution in [0.4, 0.5) is 5.69 Å². The molecule has 2 bridgehead atoms. The number of hydrogen-bond donors (Lipinski definition) is 2. The molecule has 2 aliphatic carbocycles. The first-order valence-electron chi connectivity index (χ1n) is 18.3. The molecule has 1 fully saturated rings. The first-order valence-corrected chi connectivity index (χ1v) is 20.2. The second-order valence-corrected chi connectivity index (χ2v) is 17.2. The fourth-order valence-corrected chi connectivity index (χ4v) is 9.30. The zero-order valence-electron chi connectivity index (χ0n) is 31.2. The van der Waals surface area contributed by atoms with Gasteiger partial charge in [0.1, 0.15) is 5.75 Å². The molecule has 5 atom stereocenters. The van der Waals surface area contributed by atoms with E-state index in [2.05, 4.69) is 15.7 Å². The van der Waals surface area contributed by atoms with E-state index in [-0.39, 0.29) is 48.4 Å². The quantitative estimate of drug-likeness (QED) is 0.316. The number of rotatable bonds is 5. The molecular formula is C39H50ClN3O10S. The van der Waals surface area contributed by atoms with E-state index in [0.29, 0.717) is 36.9 Å². The van der Waals surface area contributed by atoms with Crippen LogP contribution in [0.3, 0.4) is 0 Å². The summed E-state index contributed by atoms with van der Waals surface area (Å²) in [4.78, 5) is 51.8. The van der Waals surface area contributed by atoms with Crippen LogP contribution in [-0.2, 0) is 45.7 Å². The molecule has 15 heteroatoms. The van der Waals surface area contributed by atoms with E-state index < -0.39 is 39.1 Å². The molecule has 54 heavy (non-hydrogen) atoms. The number of nitrogens with one attached hydrogen (secondary N) is 1. The Morgan fingerprint density at radius 1 is 1.07 bits per heavy atom. The molecule has 1 spiro atoms. The van der Waals surface area contributed by atoms with Gasteiger partial charge in [-0.05, 0) is 105 Å². The molecule has 2 aromatic carbocycles. The molecule has 2 heterocycles.